The van der Waals surface area contributed by atoms with Crippen LogP contribution in [0, 0.1) is 0 Å². The zero-order valence-electron chi connectivity index (χ0n) is 32.3. The highest BCUT2D eigenvalue weighted by Gasteiger charge is 2.12. The third-order valence-electron chi connectivity index (χ3n) is 8.38. The van der Waals surface area contributed by atoms with Crippen LogP contribution in [-0.2, 0) is 19.1 Å². The molecule has 0 aromatic carbocycles. The fourth-order valence-electron chi connectivity index (χ4n) is 5.30. The third-order valence-corrected chi connectivity index (χ3v) is 8.38. The maximum atomic E-state index is 12.0. The normalized spacial score (nSPS) is 14.2. The molecule has 3 N–H and O–H groups in total. The van der Waals surface area contributed by atoms with Crippen LogP contribution in [0.15, 0.2) is 72.9 Å². The molecule has 3 atom stereocenters. The van der Waals surface area contributed by atoms with Crippen molar-refractivity contribution in [1.29, 1.82) is 0 Å². The lowest BCUT2D eigenvalue weighted by Gasteiger charge is -2.12. The average Bonchev–Trinajstić information content (AvgIpc) is 3.12. The maximum Gasteiger partial charge on any atom is 0.305 e. The van der Waals surface area contributed by atoms with E-state index in [0.717, 1.165) is 32.1 Å². The van der Waals surface area contributed by atoms with Crippen LogP contribution in [0.4, 0.5) is 0 Å². The lowest BCUT2D eigenvalue weighted by Crippen LogP contribution is -2.25. The molecule has 0 saturated carbocycles. The Hall–Kier alpha value is -2.74. The van der Waals surface area contributed by atoms with Crippen molar-refractivity contribution in [3.8, 4) is 0 Å². The second-order valence-electron chi connectivity index (χ2n) is 13.4. The van der Waals surface area contributed by atoms with E-state index in [2.05, 4.69) is 13.8 Å². The molecule has 7 nitrogen and oxygen atoms in total. The summed E-state index contributed by atoms with van der Waals surface area (Å²) < 4.78 is 10.2. The summed E-state index contributed by atoms with van der Waals surface area (Å²) in [6, 6.07) is 0. The molecule has 0 spiro atoms. The van der Waals surface area contributed by atoms with Crippen LogP contribution in [0.5, 0.6) is 0 Å². The third kappa shape index (κ3) is 38.3. The summed E-state index contributed by atoms with van der Waals surface area (Å²) in [6.45, 7) is 3.95. The molecule has 0 aromatic heterocycles. The van der Waals surface area contributed by atoms with Crippen LogP contribution in [0.2, 0.25) is 0 Å². The van der Waals surface area contributed by atoms with E-state index in [1.54, 1.807) is 24.3 Å². The number of allylic oxidation sites excluding steroid dienone is 8. The van der Waals surface area contributed by atoms with Crippen LogP contribution in [0.1, 0.15) is 162 Å². The van der Waals surface area contributed by atoms with E-state index >= 15 is 0 Å². The Morgan fingerprint density at radius 3 is 1.55 bits per heavy atom. The second kappa shape index (κ2) is 38.5. The highest BCUT2D eigenvalue weighted by molar-refractivity contribution is 5.69. The number of unbranched alkanes of at least 4 members (excludes halogenated alkanes) is 16. The fourth-order valence-corrected chi connectivity index (χ4v) is 5.30. The summed E-state index contributed by atoms with van der Waals surface area (Å²) in [5, 5.41) is 29.8. The number of hydrogen-bond donors (Lipinski definition) is 3. The van der Waals surface area contributed by atoms with E-state index in [1.807, 2.05) is 48.6 Å². The monoisotopic (exact) mass is 715 g/mol. The maximum absolute atomic E-state index is 12.0. The number of hydrogen-bond acceptors (Lipinski definition) is 7. The van der Waals surface area contributed by atoms with Gasteiger partial charge >= 0.3 is 11.9 Å². The van der Waals surface area contributed by atoms with Gasteiger partial charge in [0.2, 0.25) is 0 Å². The largest absolute Gasteiger partial charge is 0.463 e. The van der Waals surface area contributed by atoms with Crippen molar-refractivity contribution < 1.29 is 34.4 Å². The molecule has 0 aromatic rings. The standard InChI is InChI=1S/C44H74O7/c1-3-5-7-8-9-10-11-12-13-14-15-16-17-21-24-30-36-43(48)50-38-42(47)39-51-44(49)37-31-25-29-35-41(46)34-28-23-20-18-19-22-27-33-40(45)32-26-6-4-2/h6,19-20,22-23,26-29,33-35,40-42,45-47H,3-5,7-18,21,24-25,30-32,36-39H2,1-2H3/b22-19-,23-20-,26-6-,33-27+,34-28+,35-29-/t40-,41-,42-/m1/s1. The predicted molar refractivity (Wildman–Crippen MR) is 212 cm³/mol. The first-order valence-electron chi connectivity index (χ1n) is 20.2. The second-order valence-corrected chi connectivity index (χ2v) is 13.4. The van der Waals surface area contributed by atoms with Gasteiger partial charge in [0.1, 0.15) is 19.3 Å². The SMILES string of the molecule is CC/C=C\C[C@@H](O)/C=C/C=C\C/C=C\C=C\[C@@H](O)/C=C\CCCC(=O)OC[C@H](O)COC(=O)CCCCCCCCCCCCCCCCCC. The summed E-state index contributed by atoms with van der Waals surface area (Å²) >= 11 is 0. The highest BCUT2D eigenvalue weighted by atomic mass is 16.6. The Kier molecular flexibility index (Phi) is 36.4. The molecule has 0 rings (SSSR count). The van der Waals surface area contributed by atoms with Crippen LogP contribution < -0.4 is 0 Å². The number of carbonyl (C=O) groups is 2. The molecule has 0 aliphatic carbocycles. The first-order chi connectivity index (χ1) is 24.9. The minimum absolute atomic E-state index is 0.176. The molecule has 0 radical (unpaired) electrons. The number of ether oxygens (including phenoxy) is 2. The molecule has 0 heterocycles. The fraction of sp³-hybridized carbons (Fsp3) is 0.682. The summed E-state index contributed by atoms with van der Waals surface area (Å²) in [5.74, 6) is -0.743. The lowest BCUT2D eigenvalue weighted by molar-refractivity contribution is -0.152. The van der Waals surface area contributed by atoms with Crippen LogP contribution in [0.25, 0.3) is 0 Å². The molecule has 0 unspecified atom stereocenters. The minimum atomic E-state index is -1.04. The van der Waals surface area contributed by atoms with Gasteiger partial charge in [-0.2, -0.15) is 0 Å². The van der Waals surface area contributed by atoms with Gasteiger partial charge in [0.15, 0.2) is 0 Å². The average molecular weight is 715 g/mol. The smallest absolute Gasteiger partial charge is 0.305 e. The Bertz CT molecular complexity index is 978. The van der Waals surface area contributed by atoms with E-state index in [-0.39, 0.29) is 25.6 Å². The van der Waals surface area contributed by atoms with Gasteiger partial charge < -0.3 is 24.8 Å². The van der Waals surface area contributed by atoms with Gasteiger partial charge in [0.05, 0.1) is 12.2 Å². The van der Waals surface area contributed by atoms with E-state index in [0.29, 0.717) is 25.7 Å². The Morgan fingerprint density at radius 2 is 1.02 bits per heavy atom. The van der Waals surface area contributed by atoms with Crippen molar-refractivity contribution in [1.82, 2.24) is 0 Å². The molecule has 0 aliphatic rings. The van der Waals surface area contributed by atoms with E-state index < -0.39 is 24.3 Å². The van der Waals surface area contributed by atoms with Gasteiger partial charge in [-0.3, -0.25) is 9.59 Å². The zero-order chi connectivity index (χ0) is 37.5. The zero-order valence-corrected chi connectivity index (χ0v) is 32.3. The molecule has 0 fully saturated rings. The first kappa shape index (κ1) is 48.3. The van der Waals surface area contributed by atoms with E-state index in [4.69, 9.17) is 9.47 Å². The van der Waals surface area contributed by atoms with Gasteiger partial charge in [-0.15, -0.1) is 0 Å². The quantitative estimate of drug-likeness (QED) is 0.0259. The van der Waals surface area contributed by atoms with E-state index in [1.165, 1.54) is 83.5 Å². The van der Waals surface area contributed by atoms with Crippen LogP contribution in [0.3, 0.4) is 0 Å². The Labute approximate surface area is 311 Å². The number of rotatable bonds is 35. The van der Waals surface area contributed by atoms with Crippen molar-refractivity contribution in [2.75, 3.05) is 13.2 Å². The molecular weight excluding hydrogens is 640 g/mol. The van der Waals surface area contributed by atoms with Crippen LogP contribution >= 0.6 is 0 Å². The molecule has 0 aliphatic heterocycles. The van der Waals surface area contributed by atoms with Gasteiger partial charge in [-0.05, 0) is 38.5 Å². The van der Waals surface area contributed by atoms with Crippen LogP contribution in [-0.4, -0.2) is 58.8 Å². The molecule has 0 saturated heterocycles. The van der Waals surface area contributed by atoms with Crippen molar-refractivity contribution >= 4 is 11.9 Å². The summed E-state index contributed by atoms with van der Waals surface area (Å²) in [4.78, 5) is 23.9. The van der Waals surface area contributed by atoms with Gasteiger partial charge in [0, 0.05) is 12.8 Å². The minimum Gasteiger partial charge on any atom is -0.463 e. The number of esters is 2. The number of aliphatic hydroxyl groups excluding tert-OH is 3. The van der Waals surface area contributed by atoms with Gasteiger partial charge in [-0.25, -0.2) is 0 Å². The number of aliphatic hydroxyl groups is 3. The molecule has 51 heavy (non-hydrogen) atoms. The van der Waals surface area contributed by atoms with Crippen molar-refractivity contribution in [3.05, 3.63) is 72.9 Å². The summed E-state index contributed by atoms with van der Waals surface area (Å²) in [6.07, 6.45) is 44.6. The molecule has 0 bridgehead atoms. The van der Waals surface area contributed by atoms with Gasteiger partial charge in [0.25, 0.3) is 0 Å². The Balaban J connectivity index is 3.70. The highest BCUT2D eigenvalue weighted by Crippen LogP contribution is 2.14. The van der Waals surface area contributed by atoms with Crippen molar-refractivity contribution in [3.63, 3.8) is 0 Å². The van der Waals surface area contributed by atoms with Crippen molar-refractivity contribution in [2.45, 2.75) is 180 Å². The van der Waals surface area contributed by atoms with Crippen molar-refractivity contribution in [2.24, 2.45) is 0 Å². The predicted octanol–water partition coefficient (Wildman–Crippen LogP) is 10.5. The van der Waals surface area contributed by atoms with E-state index in [9.17, 15) is 24.9 Å². The molecular formula is C44H74O7. The number of carbonyl (C=O) groups excluding carboxylic acids is 2. The molecule has 0 amide bonds. The first-order valence-corrected chi connectivity index (χ1v) is 20.2. The molecule has 7 heteroatoms. The topological polar surface area (TPSA) is 113 Å². The summed E-state index contributed by atoms with van der Waals surface area (Å²) in [7, 11) is 0. The Morgan fingerprint density at radius 1 is 0.529 bits per heavy atom. The molecule has 292 valence electrons. The van der Waals surface area contributed by atoms with Gasteiger partial charge in [-0.1, -0.05) is 183 Å². The summed E-state index contributed by atoms with van der Waals surface area (Å²) in [5.41, 5.74) is 0. The lowest BCUT2D eigenvalue weighted by atomic mass is 10.0.